The third-order valence-electron chi connectivity index (χ3n) is 7.42. The van der Waals surface area contributed by atoms with Crippen LogP contribution in [0.2, 0.25) is 5.02 Å². The summed E-state index contributed by atoms with van der Waals surface area (Å²) >= 11 is 6.10. The van der Waals surface area contributed by atoms with Gasteiger partial charge in [-0.2, -0.15) is 17.9 Å². The number of aromatic nitrogens is 4. The molecule has 15 nitrogen and oxygen atoms in total. The molecule has 1 aliphatic heterocycles. The predicted octanol–water partition coefficient (Wildman–Crippen LogP) is 2.53. The minimum Gasteiger partial charge on any atom is -0.478 e. The van der Waals surface area contributed by atoms with Crippen LogP contribution in [0.15, 0.2) is 73.1 Å². The average molecular weight is 714 g/mol. The van der Waals surface area contributed by atoms with Gasteiger partial charge < -0.3 is 26.0 Å². The Bertz CT molecular complexity index is 1890. The van der Waals surface area contributed by atoms with Gasteiger partial charge in [0.25, 0.3) is 0 Å². The van der Waals surface area contributed by atoms with Gasteiger partial charge in [-0.25, -0.2) is 4.79 Å². The molecular formula is C31H27ClF3N9O6. The molecule has 260 valence electrons. The lowest BCUT2D eigenvalue weighted by molar-refractivity contribution is -0.150. The van der Waals surface area contributed by atoms with E-state index >= 15 is 0 Å². The van der Waals surface area contributed by atoms with E-state index in [1.807, 2.05) is 0 Å². The second-order valence-electron chi connectivity index (χ2n) is 11.0. The monoisotopic (exact) mass is 713 g/mol. The van der Waals surface area contributed by atoms with E-state index in [-0.39, 0.29) is 41.5 Å². The van der Waals surface area contributed by atoms with E-state index in [2.05, 4.69) is 31.5 Å². The molecule has 5 rings (SSSR count). The second-order valence-corrected chi connectivity index (χ2v) is 11.4. The van der Waals surface area contributed by atoms with Crippen molar-refractivity contribution in [1.82, 2.24) is 30.4 Å². The van der Waals surface area contributed by atoms with Crippen LogP contribution in [0.4, 0.5) is 30.2 Å². The number of halogens is 4. The van der Waals surface area contributed by atoms with Crippen molar-refractivity contribution >= 4 is 58.3 Å². The maximum absolute atomic E-state index is 13.4. The lowest BCUT2D eigenvalue weighted by Crippen LogP contribution is -2.52. The van der Waals surface area contributed by atoms with Crippen molar-refractivity contribution < 1.29 is 42.3 Å². The summed E-state index contributed by atoms with van der Waals surface area (Å²) in [5, 5.41) is 27.7. The molecule has 1 aromatic heterocycles. The van der Waals surface area contributed by atoms with Crippen molar-refractivity contribution in [1.29, 1.82) is 0 Å². The number of carboxylic acid groups (broad SMARTS) is 1. The van der Waals surface area contributed by atoms with E-state index in [0.29, 0.717) is 16.9 Å². The zero-order valence-electron chi connectivity index (χ0n) is 25.7. The topological polar surface area (TPSA) is 192 Å². The summed E-state index contributed by atoms with van der Waals surface area (Å²) in [6, 6.07) is 14.6. The van der Waals surface area contributed by atoms with Gasteiger partial charge in [-0.05, 0) is 70.6 Å². The molecular weight excluding hydrogens is 687 g/mol. The van der Waals surface area contributed by atoms with E-state index in [1.165, 1.54) is 58.4 Å². The van der Waals surface area contributed by atoms with Crippen molar-refractivity contribution in [2.75, 3.05) is 41.7 Å². The molecule has 1 fully saturated rings. The van der Waals surface area contributed by atoms with Gasteiger partial charge in [0.15, 0.2) is 0 Å². The highest BCUT2D eigenvalue weighted by molar-refractivity contribution is 6.40. The van der Waals surface area contributed by atoms with E-state index in [1.54, 1.807) is 24.3 Å². The van der Waals surface area contributed by atoms with E-state index in [0.717, 1.165) is 4.90 Å². The number of rotatable bonds is 10. The smallest absolute Gasteiger partial charge is 0.401 e. The van der Waals surface area contributed by atoms with Crippen LogP contribution < -0.4 is 20.9 Å². The lowest BCUT2D eigenvalue weighted by atomic mass is 10.0. The summed E-state index contributed by atoms with van der Waals surface area (Å²) in [6.07, 6.45) is -3.31. The zero-order valence-corrected chi connectivity index (χ0v) is 26.5. The Labute approximate surface area is 286 Å². The third kappa shape index (κ3) is 9.17. The number of benzene rings is 3. The Kier molecular flexibility index (Phi) is 10.7. The van der Waals surface area contributed by atoms with Gasteiger partial charge >= 0.3 is 24.0 Å². The number of carbonyl (C=O) groups excluding carboxylic acids is 4. The average Bonchev–Trinajstić information content (AvgIpc) is 3.59. The van der Waals surface area contributed by atoms with Crippen molar-refractivity contribution in [3.63, 3.8) is 0 Å². The van der Waals surface area contributed by atoms with Crippen LogP contribution in [0.5, 0.6) is 0 Å². The Morgan fingerprint density at radius 3 is 2.28 bits per heavy atom. The standard InChI is InChI=1S/C31H27ClF3N9O6/c32-20-5-10-25(44-17-36-40-41-44)23(14-20)38-28(47)29(48)39-24(27(46)37-21-6-3-19(4-7-21)30(49)50)13-18-1-8-22(9-2-18)43-12-11-42(15-26(43)45)16-31(33,34)35/h1-10,14,17,24H,11-13,15-16H2,(H,37,46)(H,38,47)(H,39,48)(H,49,50)/t24-/m0/s1. The second kappa shape index (κ2) is 15.1. The highest BCUT2D eigenvalue weighted by Gasteiger charge is 2.35. The lowest BCUT2D eigenvalue weighted by Gasteiger charge is -2.34. The Hall–Kier alpha value is -5.88. The third-order valence-corrected chi connectivity index (χ3v) is 7.66. The molecule has 19 heteroatoms. The number of hydrogen-bond acceptors (Lipinski definition) is 9. The van der Waals surface area contributed by atoms with Crippen molar-refractivity contribution in [2.24, 2.45) is 0 Å². The molecule has 0 aliphatic carbocycles. The predicted molar refractivity (Wildman–Crippen MR) is 172 cm³/mol. The van der Waals surface area contributed by atoms with Gasteiger partial charge in [0.1, 0.15) is 12.4 Å². The molecule has 0 unspecified atom stereocenters. The molecule has 0 radical (unpaired) electrons. The summed E-state index contributed by atoms with van der Waals surface area (Å²) < 4.78 is 39.6. The minimum absolute atomic E-state index is 0.0171. The number of nitrogens with one attached hydrogen (secondary N) is 3. The van der Waals surface area contributed by atoms with Gasteiger partial charge in [0, 0.05) is 35.9 Å². The van der Waals surface area contributed by atoms with Crippen LogP contribution in [0, 0.1) is 0 Å². The summed E-state index contributed by atoms with van der Waals surface area (Å²) in [6.45, 7) is -1.55. The number of anilines is 3. The first kappa shape index (κ1) is 35.4. The quantitative estimate of drug-likeness (QED) is 0.178. The van der Waals surface area contributed by atoms with Crippen molar-refractivity contribution in [3.8, 4) is 5.69 Å². The van der Waals surface area contributed by atoms with Crippen LogP contribution in [0.1, 0.15) is 15.9 Å². The number of tetrazole rings is 1. The van der Waals surface area contributed by atoms with Crippen LogP contribution in [-0.2, 0) is 25.6 Å². The highest BCUT2D eigenvalue weighted by atomic mass is 35.5. The molecule has 0 saturated carbocycles. The van der Waals surface area contributed by atoms with Crippen molar-refractivity contribution in [2.45, 2.75) is 18.6 Å². The molecule has 4 N–H and O–H groups in total. The van der Waals surface area contributed by atoms with Gasteiger partial charge in [-0.15, -0.1) is 5.10 Å². The molecule has 2 heterocycles. The number of carboxylic acids is 1. The number of piperazine rings is 1. The Morgan fingerprint density at radius 2 is 1.66 bits per heavy atom. The van der Waals surface area contributed by atoms with E-state index < -0.39 is 54.9 Å². The molecule has 4 aromatic rings. The fourth-order valence-corrected chi connectivity index (χ4v) is 5.22. The summed E-state index contributed by atoms with van der Waals surface area (Å²) in [5.41, 5.74) is 1.50. The SMILES string of the molecule is O=C(Nc1cc(Cl)ccc1-n1cnnn1)C(=O)N[C@@H](Cc1ccc(N2CCN(CC(F)(F)F)CC2=O)cc1)C(=O)Nc1ccc(C(=O)O)cc1. The molecule has 1 atom stereocenters. The summed E-state index contributed by atoms with van der Waals surface area (Å²) in [5.74, 6) is -4.76. The largest absolute Gasteiger partial charge is 0.478 e. The Balaban J connectivity index is 1.31. The van der Waals surface area contributed by atoms with Gasteiger partial charge in [0.2, 0.25) is 11.8 Å². The number of carbonyl (C=O) groups is 5. The zero-order chi connectivity index (χ0) is 36.0. The molecule has 0 bridgehead atoms. The molecule has 1 saturated heterocycles. The fourth-order valence-electron chi connectivity index (χ4n) is 5.05. The minimum atomic E-state index is -4.43. The summed E-state index contributed by atoms with van der Waals surface area (Å²) in [4.78, 5) is 65.9. The van der Waals surface area contributed by atoms with Gasteiger partial charge in [-0.1, -0.05) is 23.7 Å². The number of nitrogens with zero attached hydrogens (tertiary/aromatic N) is 6. The first-order valence-electron chi connectivity index (χ1n) is 14.7. The van der Waals surface area contributed by atoms with Crippen LogP contribution >= 0.6 is 11.6 Å². The van der Waals surface area contributed by atoms with E-state index in [9.17, 15) is 37.1 Å². The van der Waals surface area contributed by atoms with Crippen molar-refractivity contribution in [3.05, 3.63) is 89.2 Å². The number of aromatic carboxylic acids is 1. The van der Waals surface area contributed by atoms with Gasteiger partial charge in [-0.3, -0.25) is 24.1 Å². The molecule has 3 aromatic carbocycles. The van der Waals surface area contributed by atoms with Crippen LogP contribution in [-0.4, -0.2) is 98.2 Å². The van der Waals surface area contributed by atoms with E-state index in [4.69, 9.17) is 16.7 Å². The normalized spacial score (nSPS) is 14.2. The first-order chi connectivity index (χ1) is 23.8. The maximum atomic E-state index is 13.4. The first-order valence-corrected chi connectivity index (χ1v) is 15.1. The highest BCUT2D eigenvalue weighted by Crippen LogP contribution is 2.25. The Morgan fingerprint density at radius 1 is 0.940 bits per heavy atom. The molecule has 1 aliphatic rings. The van der Waals surface area contributed by atoms with Gasteiger partial charge in [0.05, 0.1) is 30.0 Å². The van der Waals surface area contributed by atoms with Crippen LogP contribution in [0.25, 0.3) is 5.69 Å². The molecule has 4 amide bonds. The number of hydrogen-bond donors (Lipinski definition) is 4. The summed E-state index contributed by atoms with van der Waals surface area (Å²) in [7, 11) is 0. The van der Waals surface area contributed by atoms with Crippen LogP contribution in [0.3, 0.4) is 0 Å². The fraction of sp³-hybridized carbons (Fsp3) is 0.226. The molecule has 50 heavy (non-hydrogen) atoms. The number of alkyl halides is 3. The number of amides is 4. The molecule has 0 spiro atoms. The maximum Gasteiger partial charge on any atom is 0.401 e.